The molecular weight excluding hydrogens is 357 g/mol. The Morgan fingerprint density at radius 2 is 2.00 bits per heavy atom. The number of nitriles is 1. The number of rotatable bonds is 1. The van der Waals surface area contributed by atoms with Gasteiger partial charge in [-0.15, -0.1) is 0 Å². The van der Waals surface area contributed by atoms with Crippen LogP contribution in [0.1, 0.15) is 35.6 Å². The number of urea groups is 1. The van der Waals surface area contributed by atoms with Gasteiger partial charge in [0.1, 0.15) is 0 Å². The molecule has 2 atom stereocenters. The fourth-order valence-electron chi connectivity index (χ4n) is 3.89. The van der Waals surface area contributed by atoms with Gasteiger partial charge in [-0.2, -0.15) is 5.26 Å². The van der Waals surface area contributed by atoms with Crippen molar-refractivity contribution in [2.24, 2.45) is 0 Å². The summed E-state index contributed by atoms with van der Waals surface area (Å²) in [5.74, 6) is 0. The molecule has 0 aromatic heterocycles. The van der Waals surface area contributed by atoms with Gasteiger partial charge >= 0.3 is 6.03 Å². The van der Waals surface area contributed by atoms with Gasteiger partial charge in [-0.3, -0.25) is 0 Å². The summed E-state index contributed by atoms with van der Waals surface area (Å²) in [7, 11) is 0. The number of hydrogen-bond acceptors (Lipinski definition) is 2. The van der Waals surface area contributed by atoms with E-state index in [0.717, 1.165) is 24.8 Å². The van der Waals surface area contributed by atoms with Gasteiger partial charge in [0, 0.05) is 11.7 Å². The number of nitrogens with one attached hydrogen (secondary N) is 1. The van der Waals surface area contributed by atoms with E-state index in [1.807, 2.05) is 23.1 Å². The summed E-state index contributed by atoms with van der Waals surface area (Å²) in [4.78, 5) is 14.8. The standard InChI is InChI=1S/C19H15Cl2N3O/c20-16-5-2-13(9-17(16)21)23-19(25)24-14-3-6-18(24)15-4-1-11(10-22)7-12(15)8-14/h1-2,4-5,7,9,14,18H,3,6,8H2,(H,23,25)/t14-,18+/m0/s1. The van der Waals surface area contributed by atoms with Crippen molar-refractivity contribution in [1.29, 1.82) is 5.26 Å². The summed E-state index contributed by atoms with van der Waals surface area (Å²) in [6, 6.07) is 13.1. The van der Waals surface area contributed by atoms with Crippen LogP contribution in [-0.2, 0) is 6.42 Å². The molecule has 126 valence electrons. The van der Waals surface area contributed by atoms with Crippen molar-refractivity contribution in [3.63, 3.8) is 0 Å². The third-order valence-corrected chi connectivity index (χ3v) is 5.73. The molecule has 4 rings (SSSR count). The minimum Gasteiger partial charge on any atom is -0.314 e. The van der Waals surface area contributed by atoms with Crippen LogP contribution in [0.25, 0.3) is 0 Å². The Hall–Kier alpha value is -2.22. The number of amides is 2. The molecule has 0 aliphatic carbocycles. The monoisotopic (exact) mass is 371 g/mol. The lowest BCUT2D eigenvalue weighted by Gasteiger charge is -2.36. The molecule has 1 saturated heterocycles. The van der Waals surface area contributed by atoms with E-state index >= 15 is 0 Å². The van der Waals surface area contributed by atoms with E-state index in [9.17, 15) is 4.79 Å². The lowest BCUT2D eigenvalue weighted by atomic mass is 9.92. The third-order valence-electron chi connectivity index (χ3n) is 4.99. The topological polar surface area (TPSA) is 56.1 Å². The minimum atomic E-state index is -0.124. The van der Waals surface area contributed by atoms with Crippen molar-refractivity contribution in [1.82, 2.24) is 4.90 Å². The van der Waals surface area contributed by atoms with E-state index < -0.39 is 0 Å². The normalized spacial score (nSPS) is 20.8. The molecule has 4 nitrogen and oxygen atoms in total. The summed E-state index contributed by atoms with van der Waals surface area (Å²) in [6.45, 7) is 0. The highest BCUT2D eigenvalue weighted by Gasteiger charge is 2.42. The number of hydrogen-bond donors (Lipinski definition) is 1. The van der Waals surface area contributed by atoms with Crippen molar-refractivity contribution < 1.29 is 4.79 Å². The number of halogens is 2. The van der Waals surface area contributed by atoms with E-state index in [4.69, 9.17) is 28.5 Å². The largest absolute Gasteiger partial charge is 0.322 e. The molecular formula is C19H15Cl2N3O. The van der Waals surface area contributed by atoms with E-state index in [0.29, 0.717) is 21.3 Å². The minimum absolute atomic E-state index is 0.0595. The average molecular weight is 372 g/mol. The molecule has 6 heteroatoms. The summed E-state index contributed by atoms with van der Waals surface area (Å²) < 4.78 is 0. The van der Waals surface area contributed by atoms with Gasteiger partial charge in [0.05, 0.1) is 27.7 Å². The lowest BCUT2D eigenvalue weighted by molar-refractivity contribution is 0.179. The van der Waals surface area contributed by atoms with Gasteiger partial charge in [-0.25, -0.2) is 4.79 Å². The summed E-state index contributed by atoms with van der Waals surface area (Å²) in [6.07, 6.45) is 2.70. The van der Waals surface area contributed by atoms with Gasteiger partial charge < -0.3 is 10.2 Å². The predicted octanol–water partition coefficient (Wildman–Crippen LogP) is 5.16. The molecule has 2 bridgehead atoms. The second-order valence-electron chi connectivity index (χ2n) is 6.44. The molecule has 2 aromatic rings. The molecule has 2 heterocycles. The molecule has 25 heavy (non-hydrogen) atoms. The molecule has 2 amide bonds. The van der Waals surface area contributed by atoms with Crippen LogP contribution >= 0.6 is 23.2 Å². The van der Waals surface area contributed by atoms with Gasteiger partial charge in [-0.1, -0.05) is 29.3 Å². The first-order chi connectivity index (χ1) is 12.1. The fraction of sp³-hybridized carbons (Fsp3) is 0.263. The second kappa shape index (κ2) is 6.25. The first-order valence-electron chi connectivity index (χ1n) is 8.14. The Bertz CT molecular complexity index is 906. The Morgan fingerprint density at radius 3 is 2.76 bits per heavy atom. The average Bonchev–Trinajstić information content (AvgIpc) is 2.93. The van der Waals surface area contributed by atoms with Crippen molar-refractivity contribution >= 4 is 34.9 Å². The molecule has 0 unspecified atom stereocenters. The first kappa shape index (κ1) is 16.3. The van der Waals surface area contributed by atoms with Crippen LogP contribution < -0.4 is 5.32 Å². The van der Waals surface area contributed by atoms with Gasteiger partial charge in [-0.05, 0) is 60.7 Å². The molecule has 1 N–H and O–H groups in total. The molecule has 0 radical (unpaired) electrons. The highest BCUT2D eigenvalue weighted by molar-refractivity contribution is 6.42. The van der Waals surface area contributed by atoms with E-state index in [-0.39, 0.29) is 18.1 Å². The number of carbonyl (C=O) groups excluding carboxylic acids is 1. The number of benzene rings is 2. The van der Waals surface area contributed by atoms with E-state index in [1.54, 1.807) is 18.2 Å². The molecule has 2 aromatic carbocycles. The SMILES string of the molecule is N#Cc1ccc2c(c1)C[C@@H]1CC[C@H]2N1C(=O)Nc1ccc(Cl)c(Cl)c1. The van der Waals surface area contributed by atoms with Gasteiger partial charge in [0.15, 0.2) is 0 Å². The Labute approximate surface area is 156 Å². The molecule has 0 saturated carbocycles. The second-order valence-corrected chi connectivity index (χ2v) is 7.26. The van der Waals surface area contributed by atoms with Crippen LogP contribution in [0.2, 0.25) is 10.0 Å². The zero-order valence-corrected chi connectivity index (χ0v) is 14.8. The summed E-state index contributed by atoms with van der Waals surface area (Å²) >= 11 is 12.0. The predicted molar refractivity (Wildman–Crippen MR) is 97.9 cm³/mol. The maximum Gasteiger partial charge on any atom is 0.322 e. The van der Waals surface area contributed by atoms with Crippen molar-refractivity contribution in [2.75, 3.05) is 5.32 Å². The maximum absolute atomic E-state index is 12.8. The Balaban J connectivity index is 1.59. The smallest absolute Gasteiger partial charge is 0.314 e. The quantitative estimate of drug-likeness (QED) is 0.752. The Kier molecular flexibility index (Phi) is 4.07. The number of fused-ring (bicyclic) bond motifs is 4. The zero-order chi connectivity index (χ0) is 17.6. The maximum atomic E-state index is 12.8. The molecule has 2 aliphatic rings. The van der Waals surface area contributed by atoms with E-state index in [2.05, 4.69) is 11.4 Å². The zero-order valence-electron chi connectivity index (χ0n) is 13.3. The Morgan fingerprint density at radius 1 is 1.16 bits per heavy atom. The van der Waals surface area contributed by atoms with Gasteiger partial charge in [0.25, 0.3) is 0 Å². The van der Waals surface area contributed by atoms with Crippen LogP contribution in [0, 0.1) is 11.3 Å². The van der Waals surface area contributed by atoms with Gasteiger partial charge in [0.2, 0.25) is 0 Å². The highest BCUT2D eigenvalue weighted by atomic mass is 35.5. The van der Waals surface area contributed by atoms with Crippen molar-refractivity contribution in [3.8, 4) is 6.07 Å². The van der Waals surface area contributed by atoms with Crippen LogP contribution in [0.4, 0.5) is 10.5 Å². The van der Waals surface area contributed by atoms with Crippen LogP contribution in [0.3, 0.4) is 0 Å². The van der Waals surface area contributed by atoms with Crippen molar-refractivity contribution in [2.45, 2.75) is 31.3 Å². The summed E-state index contributed by atoms with van der Waals surface area (Å²) in [5, 5.41) is 12.9. The van der Waals surface area contributed by atoms with Crippen molar-refractivity contribution in [3.05, 3.63) is 63.1 Å². The molecule has 1 fully saturated rings. The lowest BCUT2D eigenvalue weighted by Crippen LogP contribution is -2.44. The highest BCUT2D eigenvalue weighted by Crippen LogP contribution is 2.44. The summed E-state index contributed by atoms with van der Waals surface area (Å²) in [5.41, 5.74) is 3.64. The molecule has 2 aliphatic heterocycles. The number of carbonyl (C=O) groups is 1. The van der Waals surface area contributed by atoms with E-state index in [1.165, 1.54) is 5.56 Å². The number of nitrogens with zero attached hydrogens (tertiary/aromatic N) is 2. The van der Waals surface area contributed by atoms with Crippen LogP contribution in [-0.4, -0.2) is 17.0 Å². The fourth-order valence-corrected chi connectivity index (χ4v) is 4.19. The first-order valence-corrected chi connectivity index (χ1v) is 8.89. The van der Waals surface area contributed by atoms with Crippen LogP contribution in [0.5, 0.6) is 0 Å². The molecule has 0 spiro atoms. The number of anilines is 1. The third kappa shape index (κ3) is 2.84. The van der Waals surface area contributed by atoms with Crippen LogP contribution in [0.15, 0.2) is 36.4 Å².